The maximum absolute atomic E-state index is 14.0. The van der Waals surface area contributed by atoms with Crippen LogP contribution in [-0.4, -0.2) is 36.1 Å². The van der Waals surface area contributed by atoms with Crippen LogP contribution in [0.1, 0.15) is 21.5 Å². The minimum atomic E-state index is -1.18. The van der Waals surface area contributed by atoms with Gasteiger partial charge in [-0.2, -0.15) is 0 Å². The van der Waals surface area contributed by atoms with Gasteiger partial charge in [0, 0.05) is 23.4 Å². The van der Waals surface area contributed by atoms with E-state index in [1.54, 1.807) is 47.2 Å². The van der Waals surface area contributed by atoms with Crippen molar-refractivity contribution in [2.75, 3.05) is 24.3 Å². The summed E-state index contributed by atoms with van der Waals surface area (Å²) < 4.78 is 19.2. The molecule has 1 saturated heterocycles. The molecular formula is C25H21FN2O3S. The number of fused-ring (bicyclic) bond motifs is 2. The first kappa shape index (κ1) is 20.6. The molecule has 1 spiro atoms. The van der Waals surface area contributed by atoms with E-state index in [1.165, 1.54) is 23.9 Å². The molecule has 32 heavy (non-hydrogen) atoms. The van der Waals surface area contributed by atoms with Gasteiger partial charge in [-0.25, -0.2) is 4.39 Å². The molecule has 3 aromatic carbocycles. The summed E-state index contributed by atoms with van der Waals surface area (Å²) in [7, 11) is 1.57. The van der Waals surface area contributed by atoms with E-state index in [0.29, 0.717) is 34.9 Å². The van der Waals surface area contributed by atoms with Crippen LogP contribution >= 0.6 is 11.8 Å². The number of anilines is 1. The molecule has 0 saturated carbocycles. The first-order chi connectivity index (χ1) is 15.5. The van der Waals surface area contributed by atoms with Crippen molar-refractivity contribution in [3.8, 4) is 5.75 Å². The van der Waals surface area contributed by atoms with Crippen LogP contribution in [-0.2, 0) is 16.2 Å². The average Bonchev–Trinajstić information content (AvgIpc) is 3.36. The van der Waals surface area contributed by atoms with Gasteiger partial charge in [-0.1, -0.05) is 30.3 Å². The second kappa shape index (κ2) is 7.98. The normalized spacial score (nSPS) is 19.5. The predicted octanol–water partition coefficient (Wildman–Crippen LogP) is 4.42. The van der Waals surface area contributed by atoms with Crippen molar-refractivity contribution >= 4 is 29.3 Å². The average molecular weight is 449 g/mol. The summed E-state index contributed by atoms with van der Waals surface area (Å²) >= 11 is 1.46. The topological polar surface area (TPSA) is 49.9 Å². The van der Waals surface area contributed by atoms with Gasteiger partial charge >= 0.3 is 0 Å². The molecule has 1 atom stereocenters. The molecule has 5 rings (SSSR count). The molecule has 0 unspecified atom stereocenters. The molecule has 5 nitrogen and oxygen atoms in total. The second-order valence-electron chi connectivity index (χ2n) is 7.72. The molecule has 2 aliphatic heterocycles. The highest BCUT2D eigenvalue weighted by Gasteiger charge is 2.59. The van der Waals surface area contributed by atoms with Gasteiger partial charge in [0.05, 0.1) is 19.3 Å². The zero-order valence-electron chi connectivity index (χ0n) is 17.5. The highest BCUT2D eigenvalue weighted by Crippen LogP contribution is 2.55. The van der Waals surface area contributed by atoms with Crippen LogP contribution in [0.4, 0.5) is 10.1 Å². The van der Waals surface area contributed by atoms with Gasteiger partial charge in [0.1, 0.15) is 11.6 Å². The largest absolute Gasteiger partial charge is 0.497 e. The number of hydrogen-bond donors (Lipinski definition) is 0. The van der Waals surface area contributed by atoms with Crippen molar-refractivity contribution in [1.29, 1.82) is 0 Å². The summed E-state index contributed by atoms with van der Waals surface area (Å²) in [5.74, 6) is 0.509. The van der Waals surface area contributed by atoms with Gasteiger partial charge in [-0.05, 0) is 48.0 Å². The Bertz CT molecular complexity index is 1200. The Kier molecular flexibility index (Phi) is 5.13. The van der Waals surface area contributed by atoms with E-state index < -0.39 is 4.87 Å². The predicted molar refractivity (Wildman–Crippen MR) is 122 cm³/mol. The number of nitrogens with zero attached hydrogens (tertiary/aromatic N) is 2. The van der Waals surface area contributed by atoms with Gasteiger partial charge in [0.2, 0.25) is 0 Å². The van der Waals surface area contributed by atoms with Crippen LogP contribution in [0.2, 0.25) is 0 Å². The van der Waals surface area contributed by atoms with Crippen molar-refractivity contribution < 1.29 is 18.7 Å². The Morgan fingerprint density at radius 3 is 2.66 bits per heavy atom. The van der Waals surface area contributed by atoms with E-state index in [4.69, 9.17) is 4.74 Å². The van der Waals surface area contributed by atoms with E-state index in [2.05, 4.69) is 0 Å². The van der Waals surface area contributed by atoms with Crippen molar-refractivity contribution in [2.24, 2.45) is 0 Å². The number of rotatable bonds is 4. The number of carbonyl (C=O) groups excluding carboxylic acids is 2. The van der Waals surface area contributed by atoms with Crippen molar-refractivity contribution in [2.45, 2.75) is 11.4 Å². The number of thioether (sulfide) groups is 1. The van der Waals surface area contributed by atoms with E-state index >= 15 is 0 Å². The fourth-order valence-corrected chi connectivity index (χ4v) is 5.88. The number of carbonyl (C=O) groups is 2. The zero-order valence-corrected chi connectivity index (χ0v) is 18.3. The lowest BCUT2D eigenvalue weighted by Crippen LogP contribution is -2.50. The Balaban J connectivity index is 1.62. The fraction of sp³-hybridized carbons (Fsp3) is 0.200. The van der Waals surface area contributed by atoms with Gasteiger partial charge in [0.25, 0.3) is 11.8 Å². The molecule has 1 fully saturated rings. The Morgan fingerprint density at radius 2 is 1.91 bits per heavy atom. The summed E-state index contributed by atoms with van der Waals surface area (Å²) in [4.78, 5) is 29.6. The van der Waals surface area contributed by atoms with E-state index in [0.717, 1.165) is 5.56 Å². The smallest absolute Gasteiger partial charge is 0.268 e. The van der Waals surface area contributed by atoms with Crippen molar-refractivity contribution in [1.82, 2.24) is 4.90 Å². The zero-order chi connectivity index (χ0) is 22.3. The Hall–Kier alpha value is -3.32. The molecule has 162 valence electrons. The SMILES string of the molecule is COc1ccc2c(c1)[C@@]1(SCCN1C(=O)c1ccccc1)C(=O)N2Cc1cccc(F)c1. The third kappa shape index (κ3) is 3.15. The summed E-state index contributed by atoms with van der Waals surface area (Å²) in [6, 6.07) is 20.7. The summed E-state index contributed by atoms with van der Waals surface area (Å²) in [6.07, 6.45) is 0. The highest BCUT2D eigenvalue weighted by atomic mass is 32.2. The van der Waals surface area contributed by atoms with Crippen molar-refractivity contribution in [3.63, 3.8) is 0 Å². The molecule has 2 aliphatic rings. The van der Waals surface area contributed by atoms with Gasteiger partial charge in [-0.15, -0.1) is 11.8 Å². The lowest BCUT2D eigenvalue weighted by atomic mass is 10.0. The summed E-state index contributed by atoms with van der Waals surface area (Å²) in [6.45, 7) is 0.667. The van der Waals surface area contributed by atoms with Gasteiger partial charge in [0.15, 0.2) is 4.87 Å². The highest BCUT2D eigenvalue weighted by molar-refractivity contribution is 8.01. The van der Waals surface area contributed by atoms with Crippen LogP contribution in [0.25, 0.3) is 0 Å². The monoisotopic (exact) mass is 448 g/mol. The number of ether oxygens (including phenoxy) is 1. The first-order valence-electron chi connectivity index (χ1n) is 10.3. The third-order valence-electron chi connectivity index (χ3n) is 5.90. The number of halogens is 1. The molecule has 0 N–H and O–H groups in total. The van der Waals surface area contributed by atoms with Crippen LogP contribution in [0, 0.1) is 5.82 Å². The Labute approximate surface area is 189 Å². The molecule has 0 aliphatic carbocycles. The lowest BCUT2D eigenvalue weighted by Gasteiger charge is -2.33. The van der Waals surface area contributed by atoms with Crippen LogP contribution in [0.15, 0.2) is 72.8 Å². The van der Waals surface area contributed by atoms with Gasteiger partial charge < -0.3 is 14.5 Å². The third-order valence-corrected chi connectivity index (χ3v) is 7.32. The van der Waals surface area contributed by atoms with E-state index in [-0.39, 0.29) is 24.2 Å². The molecule has 7 heteroatoms. The first-order valence-corrected chi connectivity index (χ1v) is 11.3. The Morgan fingerprint density at radius 1 is 1.09 bits per heavy atom. The van der Waals surface area contributed by atoms with E-state index in [9.17, 15) is 14.0 Å². The fourth-order valence-electron chi connectivity index (χ4n) is 4.43. The minimum Gasteiger partial charge on any atom is -0.497 e. The molecule has 0 bridgehead atoms. The molecule has 2 heterocycles. The van der Waals surface area contributed by atoms with Crippen LogP contribution in [0.3, 0.4) is 0 Å². The second-order valence-corrected chi connectivity index (χ2v) is 9.01. The molecule has 2 amide bonds. The van der Waals surface area contributed by atoms with Gasteiger partial charge in [-0.3, -0.25) is 9.59 Å². The lowest BCUT2D eigenvalue weighted by molar-refractivity contribution is -0.123. The van der Waals surface area contributed by atoms with Crippen molar-refractivity contribution in [3.05, 3.63) is 95.3 Å². The molecule has 0 aromatic heterocycles. The molecule has 0 radical (unpaired) electrons. The standard InChI is InChI=1S/C25H21FN2O3S/c1-31-20-10-11-22-21(15-20)25(24(30)27(22)16-17-6-5-9-19(26)14-17)28(12-13-32-25)23(29)18-7-3-2-4-8-18/h2-11,14-15H,12-13,16H2,1H3/t25-/m1/s1. The maximum Gasteiger partial charge on any atom is 0.268 e. The van der Waals surface area contributed by atoms with Crippen LogP contribution < -0.4 is 9.64 Å². The molecule has 3 aromatic rings. The van der Waals surface area contributed by atoms with E-state index in [1.807, 2.05) is 30.3 Å². The number of amides is 2. The molecular weight excluding hydrogens is 427 g/mol. The number of hydrogen-bond acceptors (Lipinski definition) is 4. The number of benzene rings is 3. The number of methoxy groups -OCH3 is 1. The van der Waals surface area contributed by atoms with Crippen LogP contribution in [0.5, 0.6) is 5.75 Å². The summed E-state index contributed by atoms with van der Waals surface area (Å²) in [5, 5.41) is 0. The maximum atomic E-state index is 14.0. The minimum absolute atomic E-state index is 0.190. The summed E-state index contributed by atoms with van der Waals surface area (Å²) in [5.41, 5.74) is 2.65. The quantitative estimate of drug-likeness (QED) is 0.593.